The monoisotopic (exact) mass is 287 g/mol. The van der Waals surface area contributed by atoms with Crippen molar-refractivity contribution in [2.75, 3.05) is 11.9 Å². The molecule has 0 aliphatic carbocycles. The highest BCUT2D eigenvalue weighted by Gasteiger charge is 2.14. The molecule has 3 heteroatoms. The van der Waals surface area contributed by atoms with E-state index in [0.717, 1.165) is 18.4 Å². The van der Waals surface area contributed by atoms with Gasteiger partial charge >= 0.3 is 0 Å². The Morgan fingerprint density at radius 3 is 2.38 bits per heavy atom. The van der Waals surface area contributed by atoms with Crippen LogP contribution in [0.1, 0.15) is 32.3 Å². The van der Waals surface area contributed by atoms with Crippen LogP contribution in [0.5, 0.6) is 0 Å². The second-order valence-electron chi connectivity index (χ2n) is 4.00. The maximum Gasteiger partial charge on any atom is 0.146 e. The summed E-state index contributed by atoms with van der Waals surface area (Å²) in [4.78, 5) is 2.04. The summed E-state index contributed by atoms with van der Waals surface area (Å²) < 4.78 is 13.9. The Morgan fingerprint density at radius 1 is 1.31 bits per heavy atom. The van der Waals surface area contributed by atoms with Crippen molar-refractivity contribution in [3.05, 3.63) is 29.6 Å². The number of halogens is 2. The van der Waals surface area contributed by atoms with E-state index in [-0.39, 0.29) is 5.82 Å². The lowest BCUT2D eigenvalue weighted by Gasteiger charge is -2.28. The Labute approximate surface area is 106 Å². The molecule has 0 saturated heterocycles. The number of anilines is 1. The fourth-order valence-electron chi connectivity index (χ4n) is 1.95. The van der Waals surface area contributed by atoms with Crippen LogP contribution < -0.4 is 4.90 Å². The summed E-state index contributed by atoms with van der Waals surface area (Å²) >= 11 is 3.33. The van der Waals surface area contributed by atoms with Crippen LogP contribution in [0.15, 0.2) is 18.2 Å². The highest BCUT2D eigenvalue weighted by Crippen LogP contribution is 2.24. The summed E-state index contributed by atoms with van der Waals surface area (Å²) in [5.74, 6) is -0.133. The van der Waals surface area contributed by atoms with Crippen molar-refractivity contribution >= 4 is 21.6 Å². The summed E-state index contributed by atoms with van der Waals surface area (Å²) in [5, 5.41) is 0.693. The number of hydrogen-bond donors (Lipinski definition) is 0. The van der Waals surface area contributed by atoms with Gasteiger partial charge in [0, 0.05) is 18.4 Å². The molecule has 0 spiro atoms. The molecule has 90 valence electrons. The van der Waals surface area contributed by atoms with Crippen LogP contribution in [0.4, 0.5) is 10.1 Å². The minimum Gasteiger partial charge on any atom is -0.369 e. The van der Waals surface area contributed by atoms with Gasteiger partial charge in [0.2, 0.25) is 0 Å². The highest BCUT2D eigenvalue weighted by atomic mass is 79.9. The molecule has 1 rings (SSSR count). The lowest BCUT2D eigenvalue weighted by Crippen LogP contribution is -2.31. The van der Waals surface area contributed by atoms with E-state index in [1.165, 1.54) is 0 Å². The van der Waals surface area contributed by atoms with Crippen molar-refractivity contribution in [2.45, 2.75) is 38.1 Å². The molecule has 0 aromatic heterocycles. The number of hydrogen-bond acceptors (Lipinski definition) is 1. The fraction of sp³-hybridized carbons (Fsp3) is 0.538. The van der Waals surface area contributed by atoms with Gasteiger partial charge in [-0.25, -0.2) is 4.39 Å². The van der Waals surface area contributed by atoms with Gasteiger partial charge in [0.25, 0.3) is 0 Å². The zero-order valence-electron chi connectivity index (χ0n) is 10.1. The van der Waals surface area contributed by atoms with E-state index in [0.29, 0.717) is 17.1 Å². The maximum absolute atomic E-state index is 13.9. The van der Waals surface area contributed by atoms with E-state index in [9.17, 15) is 4.39 Å². The van der Waals surface area contributed by atoms with Gasteiger partial charge in [0.1, 0.15) is 5.82 Å². The van der Waals surface area contributed by atoms with Gasteiger partial charge in [0.05, 0.1) is 5.69 Å². The molecule has 0 amide bonds. The summed E-state index contributed by atoms with van der Waals surface area (Å²) in [5.41, 5.74) is 1.66. The Kier molecular flexibility index (Phi) is 5.26. The maximum atomic E-state index is 13.9. The Balaban J connectivity index is 2.95. The van der Waals surface area contributed by atoms with Crippen LogP contribution in [-0.4, -0.2) is 13.1 Å². The Hall–Kier alpha value is -0.570. The summed E-state index contributed by atoms with van der Waals surface area (Å²) in [7, 11) is 1.96. The van der Waals surface area contributed by atoms with Gasteiger partial charge in [-0.1, -0.05) is 35.8 Å². The van der Waals surface area contributed by atoms with Crippen molar-refractivity contribution < 1.29 is 4.39 Å². The SMILES string of the molecule is CCC(CC)N(C)c1ccc(CBr)cc1F. The van der Waals surface area contributed by atoms with Crippen LogP contribution in [0, 0.1) is 5.82 Å². The van der Waals surface area contributed by atoms with Crippen molar-refractivity contribution in [1.82, 2.24) is 0 Å². The molecule has 0 heterocycles. The minimum atomic E-state index is -0.133. The normalized spacial score (nSPS) is 10.9. The zero-order chi connectivity index (χ0) is 12.1. The van der Waals surface area contributed by atoms with Gasteiger partial charge in [0.15, 0.2) is 0 Å². The lowest BCUT2D eigenvalue weighted by atomic mass is 10.1. The molecule has 0 unspecified atom stereocenters. The van der Waals surface area contributed by atoms with Gasteiger partial charge in [-0.3, -0.25) is 0 Å². The standard InChI is InChI=1S/C13H19BrFN/c1-4-11(5-2)16(3)13-7-6-10(9-14)8-12(13)15/h6-8,11H,4-5,9H2,1-3H3. The van der Waals surface area contributed by atoms with Crippen LogP contribution in [0.3, 0.4) is 0 Å². The van der Waals surface area contributed by atoms with Gasteiger partial charge < -0.3 is 4.90 Å². The molecule has 0 radical (unpaired) electrons. The van der Waals surface area contributed by atoms with E-state index in [2.05, 4.69) is 29.8 Å². The minimum absolute atomic E-state index is 0.133. The molecule has 0 atom stereocenters. The molecular weight excluding hydrogens is 269 g/mol. The number of rotatable bonds is 5. The first kappa shape index (κ1) is 13.5. The molecule has 1 nitrogen and oxygen atoms in total. The molecular formula is C13H19BrFN. The average Bonchev–Trinajstić information content (AvgIpc) is 2.30. The quantitative estimate of drug-likeness (QED) is 0.728. The largest absolute Gasteiger partial charge is 0.369 e. The van der Waals surface area contributed by atoms with E-state index in [4.69, 9.17) is 0 Å². The molecule has 16 heavy (non-hydrogen) atoms. The number of nitrogens with zero attached hydrogens (tertiary/aromatic N) is 1. The van der Waals surface area contributed by atoms with Gasteiger partial charge in [-0.15, -0.1) is 0 Å². The zero-order valence-corrected chi connectivity index (χ0v) is 11.7. The number of benzene rings is 1. The van der Waals surface area contributed by atoms with Crippen LogP contribution >= 0.6 is 15.9 Å². The van der Waals surface area contributed by atoms with E-state index in [1.807, 2.05) is 24.1 Å². The van der Waals surface area contributed by atoms with E-state index >= 15 is 0 Å². The smallest absolute Gasteiger partial charge is 0.146 e. The molecule has 0 fully saturated rings. The molecule has 0 saturated carbocycles. The molecule has 0 bridgehead atoms. The Bertz CT molecular complexity index is 337. The van der Waals surface area contributed by atoms with E-state index < -0.39 is 0 Å². The average molecular weight is 288 g/mol. The van der Waals surface area contributed by atoms with Crippen LogP contribution in [0.2, 0.25) is 0 Å². The third-order valence-corrected chi connectivity index (χ3v) is 3.68. The molecule has 0 aliphatic rings. The summed E-state index contributed by atoms with van der Waals surface area (Å²) in [6, 6.07) is 5.84. The van der Waals surface area contributed by atoms with Crippen LogP contribution in [-0.2, 0) is 5.33 Å². The van der Waals surface area contributed by atoms with Crippen molar-refractivity contribution in [1.29, 1.82) is 0 Å². The second kappa shape index (κ2) is 6.24. The third-order valence-electron chi connectivity index (χ3n) is 3.04. The molecule has 1 aromatic carbocycles. The van der Waals surface area contributed by atoms with Gasteiger partial charge in [-0.05, 0) is 30.5 Å². The first-order valence-corrected chi connectivity index (χ1v) is 6.83. The Morgan fingerprint density at radius 2 is 1.94 bits per heavy atom. The topological polar surface area (TPSA) is 3.24 Å². The first-order valence-electron chi connectivity index (χ1n) is 5.71. The summed E-state index contributed by atoms with van der Waals surface area (Å²) in [6.07, 6.45) is 2.07. The fourth-order valence-corrected chi connectivity index (χ4v) is 2.30. The van der Waals surface area contributed by atoms with Crippen LogP contribution in [0.25, 0.3) is 0 Å². The van der Waals surface area contributed by atoms with Gasteiger partial charge in [-0.2, -0.15) is 0 Å². The third kappa shape index (κ3) is 2.97. The number of alkyl halides is 1. The van der Waals surface area contributed by atoms with Crippen molar-refractivity contribution in [2.24, 2.45) is 0 Å². The highest BCUT2D eigenvalue weighted by molar-refractivity contribution is 9.08. The first-order chi connectivity index (χ1) is 7.63. The molecule has 1 aromatic rings. The summed E-state index contributed by atoms with van der Waals surface area (Å²) in [6.45, 7) is 4.27. The predicted molar refractivity (Wildman–Crippen MR) is 71.8 cm³/mol. The lowest BCUT2D eigenvalue weighted by molar-refractivity contribution is 0.565. The van der Waals surface area contributed by atoms with E-state index in [1.54, 1.807) is 6.07 Å². The van der Waals surface area contributed by atoms with Crippen molar-refractivity contribution in [3.8, 4) is 0 Å². The van der Waals surface area contributed by atoms with Crippen molar-refractivity contribution in [3.63, 3.8) is 0 Å². The molecule has 0 N–H and O–H groups in total. The predicted octanol–water partition coefficient (Wildman–Crippen LogP) is 4.35. The molecule has 0 aliphatic heterocycles. The second-order valence-corrected chi connectivity index (χ2v) is 4.56.